The second kappa shape index (κ2) is 7.63. The first-order valence-electron chi connectivity index (χ1n) is 9.10. The van der Waals surface area contributed by atoms with E-state index in [1.165, 1.54) is 0 Å². The highest BCUT2D eigenvalue weighted by molar-refractivity contribution is 5.98. The van der Waals surface area contributed by atoms with Gasteiger partial charge in [0.2, 0.25) is 0 Å². The molecule has 1 saturated heterocycles. The Bertz CT molecular complexity index is 913. The fraction of sp³-hybridized carbons (Fsp3) is 0.238. The molecule has 1 aliphatic rings. The molecule has 0 aliphatic carbocycles. The zero-order chi connectivity index (χ0) is 18.6. The van der Waals surface area contributed by atoms with Crippen LogP contribution in [0.5, 0.6) is 11.5 Å². The van der Waals surface area contributed by atoms with Gasteiger partial charge in [-0.2, -0.15) is 5.10 Å². The van der Waals surface area contributed by atoms with E-state index in [2.05, 4.69) is 10.4 Å². The summed E-state index contributed by atoms with van der Waals surface area (Å²) in [6, 6.07) is 17.1. The Hall–Kier alpha value is -3.12. The number of benzene rings is 2. The van der Waals surface area contributed by atoms with Gasteiger partial charge in [0.1, 0.15) is 17.2 Å². The van der Waals surface area contributed by atoms with Crippen LogP contribution in [0.2, 0.25) is 0 Å². The summed E-state index contributed by atoms with van der Waals surface area (Å²) in [5.41, 5.74) is 7.47. The lowest BCUT2D eigenvalue weighted by atomic mass is 10.1. The predicted molar refractivity (Wildman–Crippen MR) is 104 cm³/mol. The fourth-order valence-electron chi connectivity index (χ4n) is 3.35. The van der Waals surface area contributed by atoms with E-state index in [9.17, 15) is 4.79 Å². The number of ether oxygens (including phenoxy) is 1. The Kier molecular flexibility index (Phi) is 4.89. The van der Waals surface area contributed by atoms with Gasteiger partial charge < -0.3 is 15.8 Å². The van der Waals surface area contributed by atoms with E-state index in [1.807, 2.05) is 59.3 Å². The van der Waals surface area contributed by atoms with Crippen LogP contribution in [0.4, 0.5) is 0 Å². The van der Waals surface area contributed by atoms with E-state index in [4.69, 9.17) is 10.5 Å². The lowest BCUT2D eigenvalue weighted by molar-refractivity contribution is 0.100. The van der Waals surface area contributed by atoms with Crippen molar-refractivity contribution in [2.24, 2.45) is 11.7 Å². The summed E-state index contributed by atoms with van der Waals surface area (Å²) >= 11 is 0. The molecule has 1 aromatic heterocycles. The monoisotopic (exact) mass is 362 g/mol. The maximum absolute atomic E-state index is 11.9. The molecular weight excluding hydrogens is 340 g/mol. The number of carbonyl (C=O) groups excluding carboxylic acids is 1. The third kappa shape index (κ3) is 4.01. The van der Waals surface area contributed by atoms with Crippen molar-refractivity contribution >= 4 is 5.91 Å². The second-order valence-electron chi connectivity index (χ2n) is 6.78. The summed E-state index contributed by atoms with van der Waals surface area (Å²) in [5, 5.41) is 7.97. The van der Waals surface area contributed by atoms with Crippen molar-refractivity contribution in [2.45, 2.75) is 13.0 Å². The van der Waals surface area contributed by atoms with Crippen LogP contribution in [-0.4, -0.2) is 28.8 Å². The fourth-order valence-corrected chi connectivity index (χ4v) is 3.35. The lowest BCUT2D eigenvalue weighted by Gasteiger charge is -2.08. The van der Waals surface area contributed by atoms with Gasteiger partial charge in [-0.3, -0.25) is 9.48 Å². The molecule has 1 amide bonds. The lowest BCUT2D eigenvalue weighted by Crippen LogP contribution is -2.15. The van der Waals surface area contributed by atoms with Crippen LogP contribution in [0.1, 0.15) is 16.8 Å². The third-order valence-electron chi connectivity index (χ3n) is 4.74. The molecule has 0 bridgehead atoms. The van der Waals surface area contributed by atoms with Crippen LogP contribution in [0.3, 0.4) is 0 Å². The normalized spacial score (nSPS) is 16.4. The molecule has 0 spiro atoms. The van der Waals surface area contributed by atoms with E-state index >= 15 is 0 Å². The largest absolute Gasteiger partial charge is 0.457 e. The molecule has 3 N–H and O–H groups in total. The first-order valence-corrected chi connectivity index (χ1v) is 9.10. The van der Waals surface area contributed by atoms with Crippen molar-refractivity contribution in [1.29, 1.82) is 0 Å². The number of nitrogens with zero attached hydrogens (tertiary/aromatic N) is 2. The Morgan fingerprint density at radius 3 is 2.56 bits per heavy atom. The Morgan fingerprint density at radius 1 is 1.15 bits per heavy atom. The molecule has 2 heterocycles. The molecule has 1 fully saturated rings. The molecule has 0 radical (unpaired) electrons. The highest BCUT2D eigenvalue weighted by Gasteiger charge is 2.19. The molecule has 0 saturated carbocycles. The van der Waals surface area contributed by atoms with E-state index in [-0.39, 0.29) is 0 Å². The van der Waals surface area contributed by atoms with Crippen LogP contribution < -0.4 is 15.8 Å². The van der Waals surface area contributed by atoms with Gasteiger partial charge in [0.15, 0.2) is 0 Å². The molecule has 27 heavy (non-hydrogen) atoms. The molecule has 1 unspecified atom stereocenters. The summed E-state index contributed by atoms with van der Waals surface area (Å²) in [6.45, 7) is 2.79. The number of nitrogens with two attached hydrogens (primary N) is 1. The van der Waals surface area contributed by atoms with Gasteiger partial charge in [0.05, 0.1) is 5.56 Å². The number of hydrogen-bond donors (Lipinski definition) is 2. The van der Waals surface area contributed by atoms with Gasteiger partial charge in [-0.1, -0.05) is 18.2 Å². The SMILES string of the molecule is NC(=O)c1cn(CC2CCNC2)nc1-c1ccc(Oc2ccccc2)cc1. The number of hydrogen-bond acceptors (Lipinski definition) is 4. The number of primary amides is 1. The highest BCUT2D eigenvalue weighted by Crippen LogP contribution is 2.27. The average molecular weight is 362 g/mol. The molecule has 2 aromatic carbocycles. The van der Waals surface area contributed by atoms with E-state index in [1.54, 1.807) is 6.20 Å². The predicted octanol–water partition coefficient (Wildman–Crippen LogP) is 3.05. The highest BCUT2D eigenvalue weighted by atomic mass is 16.5. The van der Waals surface area contributed by atoms with Crippen molar-refractivity contribution in [3.63, 3.8) is 0 Å². The molecule has 1 atom stereocenters. The van der Waals surface area contributed by atoms with E-state index in [0.717, 1.165) is 43.1 Å². The molecule has 4 rings (SSSR count). The van der Waals surface area contributed by atoms with Crippen LogP contribution in [0, 0.1) is 5.92 Å². The summed E-state index contributed by atoms with van der Waals surface area (Å²) < 4.78 is 7.65. The van der Waals surface area contributed by atoms with Crippen molar-refractivity contribution in [3.8, 4) is 22.8 Å². The van der Waals surface area contributed by atoms with Crippen LogP contribution >= 0.6 is 0 Å². The minimum absolute atomic E-state index is 0.442. The van der Waals surface area contributed by atoms with Crippen molar-refractivity contribution in [3.05, 3.63) is 66.4 Å². The van der Waals surface area contributed by atoms with Crippen molar-refractivity contribution < 1.29 is 9.53 Å². The van der Waals surface area contributed by atoms with Crippen LogP contribution in [0.15, 0.2) is 60.8 Å². The second-order valence-corrected chi connectivity index (χ2v) is 6.78. The molecule has 6 nitrogen and oxygen atoms in total. The molecule has 1 aliphatic heterocycles. The quantitative estimate of drug-likeness (QED) is 0.706. The Balaban J connectivity index is 1.56. The van der Waals surface area contributed by atoms with E-state index in [0.29, 0.717) is 17.2 Å². The van der Waals surface area contributed by atoms with Gasteiger partial charge in [0, 0.05) is 18.3 Å². The van der Waals surface area contributed by atoms with Crippen LogP contribution in [0.25, 0.3) is 11.3 Å². The Morgan fingerprint density at radius 2 is 1.89 bits per heavy atom. The minimum Gasteiger partial charge on any atom is -0.457 e. The van der Waals surface area contributed by atoms with Gasteiger partial charge in [-0.15, -0.1) is 0 Å². The smallest absolute Gasteiger partial charge is 0.252 e. The van der Waals surface area contributed by atoms with Crippen LogP contribution in [-0.2, 0) is 6.54 Å². The molecule has 6 heteroatoms. The summed E-state index contributed by atoms with van der Waals surface area (Å²) in [6.07, 6.45) is 2.87. The molecular formula is C21H22N4O2. The number of aromatic nitrogens is 2. The van der Waals surface area contributed by atoms with Gasteiger partial charge in [-0.05, 0) is 61.8 Å². The van der Waals surface area contributed by atoms with E-state index < -0.39 is 5.91 Å². The maximum atomic E-state index is 11.9. The summed E-state index contributed by atoms with van der Waals surface area (Å²) in [7, 11) is 0. The standard InChI is InChI=1S/C21H22N4O2/c22-21(26)19-14-25(13-15-10-11-23-12-15)24-20(19)16-6-8-18(9-7-16)27-17-4-2-1-3-5-17/h1-9,14-15,23H,10-13H2,(H2,22,26). The number of carbonyl (C=O) groups is 1. The summed E-state index contributed by atoms with van der Waals surface area (Å²) in [5.74, 6) is 1.56. The van der Waals surface area contributed by atoms with Crippen molar-refractivity contribution in [1.82, 2.24) is 15.1 Å². The summed E-state index contributed by atoms with van der Waals surface area (Å²) in [4.78, 5) is 11.9. The maximum Gasteiger partial charge on any atom is 0.252 e. The first-order chi connectivity index (χ1) is 13.2. The topological polar surface area (TPSA) is 82.2 Å². The number of rotatable bonds is 6. The third-order valence-corrected chi connectivity index (χ3v) is 4.74. The zero-order valence-corrected chi connectivity index (χ0v) is 15.0. The Labute approximate surface area is 158 Å². The van der Waals surface area contributed by atoms with Crippen molar-refractivity contribution in [2.75, 3.05) is 13.1 Å². The minimum atomic E-state index is -0.467. The first kappa shape index (κ1) is 17.3. The van der Waals surface area contributed by atoms with Gasteiger partial charge in [0.25, 0.3) is 5.91 Å². The van der Waals surface area contributed by atoms with Gasteiger partial charge >= 0.3 is 0 Å². The molecule has 138 valence electrons. The zero-order valence-electron chi connectivity index (χ0n) is 15.0. The van der Waals surface area contributed by atoms with Gasteiger partial charge in [-0.25, -0.2) is 0 Å². The average Bonchev–Trinajstić information content (AvgIpc) is 3.34. The number of nitrogens with one attached hydrogen (secondary N) is 1. The number of para-hydroxylation sites is 1. The molecule has 3 aromatic rings. The number of amides is 1.